The molecule has 0 aliphatic heterocycles. The summed E-state index contributed by atoms with van der Waals surface area (Å²) in [7, 11) is 0. The van der Waals surface area contributed by atoms with Crippen LogP contribution in [0.4, 0.5) is 30.2 Å². The SMILES string of the molecule is Nc1c(Nc2cc(F)c(F)cc2F)ccc2cnccc12. The number of nitrogens with two attached hydrogens (primary N) is 1. The van der Waals surface area contributed by atoms with Gasteiger partial charge >= 0.3 is 0 Å². The van der Waals surface area contributed by atoms with Gasteiger partial charge in [-0.1, -0.05) is 6.07 Å². The number of nitrogens with one attached hydrogen (secondary N) is 1. The van der Waals surface area contributed by atoms with Crippen LogP contribution in [0.2, 0.25) is 0 Å². The molecule has 1 aromatic heterocycles. The van der Waals surface area contributed by atoms with Gasteiger partial charge in [-0.25, -0.2) is 13.2 Å². The number of benzene rings is 2. The summed E-state index contributed by atoms with van der Waals surface area (Å²) in [5.74, 6) is -3.28. The third kappa shape index (κ3) is 2.35. The van der Waals surface area contributed by atoms with Gasteiger partial charge in [-0.15, -0.1) is 0 Å². The van der Waals surface area contributed by atoms with Crippen molar-refractivity contribution in [3.8, 4) is 0 Å². The van der Waals surface area contributed by atoms with Crippen molar-refractivity contribution < 1.29 is 13.2 Å². The minimum atomic E-state index is -1.24. The number of nitrogen functional groups attached to an aromatic ring is 1. The van der Waals surface area contributed by atoms with E-state index in [2.05, 4.69) is 10.3 Å². The van der Waals surface area contributed by atoms with Gasteiger partial charge in [-0.05, 0) is 12.1 Å². The van der Waals surface area contributed by atoms with Crippen molar-refractivity contribution in [3.05, 3.63) is 60.2 Å². The van der Waals surface area contributed by atoms with Crippen LogP contribution in [0.1, 0.15) is 0 Å². The largest absolute Gasteiger partial charge is 0.397 e. The minimum absolute atomic E-state index is 0.186. The van der Waals surface area contributed by atoms with Crippen LogP contribution in [0.25, 0.3) is 10.8 Å². The Bertz CT molecular complexity index is 834. The molecular formula is C15H10F3N3. The highest BCUT2D eigenvalue weighted by molar-refractivity contribution is 5.99. The first-order chi connectivity index (χ1) is 10.1. The molecule has 0 aliphatic carbocycles. The van der Waals surface area contributed by atoms with Crippen molar-refractivity contribution in [2.45, 2.75) is 0 Å². The predicted octanol–water partition coefficient (Wildman–Crippen LogP) is 3.98. The van der Waals surface area contributed by atoms with Gasteiger partial charge in [-0.3, -0.25) is 4.98 Å². The molecule has 6 heteroatoms. The molecule has 0 atom stereocenters. The Morgan fingerprint density at radius 2 is 1.67 bits per heavy atom. The van der Waals surface area contributed by atoms with Crippen molar-refractivity contribution in [1.29, 1.82) is 0 Å². The molecule has 21 heavy (non-hydrogen) atoms. The Hall–Kier alpha value is -2.76. The highest BCUT2D eigenvalue weighted by Gasteiger charge is 2.12. The fourth-order valence-electron chi connectivity index (χ4n) is 2.07. The number of hydrogen-bond donors (Lipinski definition) is 2. The fraction of sp³-hybridized carbons (Fsp3) is 0. The molecule has 0 unspecified atom stereocenters. The van der Waals surface area contributed by atoms with Crippen LogP contribution in [0.5, 0.6) is 0 Å². The van der Waals surface area contributed by atoms with Gasteiger partial charge in [0.15, 0.2) is 11.6 Å². The third-order valence-electron chi connectivity index (χ3n) is 3.14. The number of anilines is 3. The van der Waals surface area contributed by atoms with E-state index in [9.17, 15) is 13.2 Å². The van der Waals surface area contributed by atoms with Crippen molar-refractivity contribution in [2.24, 2.45) is 0 Å². The average Bonchev–Trinajstić information content (AvgIpc) is 2.48. The van der Waals surface area contributed by atoms with Gasteiger partial charge in [0, 0.05) is 35.3 Å². The zero-order valence-corrected chi connectivity index (χ0v) is 10.7. The second kappa shape index (κ2) is 4.97. The summed E-state index contributed by atoms with van der Waals surface area (Å²) in [6, 6.07) is 6.33. The van der Waals surface area contributed by atoms with Crippen molar-refractivity contribution in [3.63, 3.8) is 0 Å². The molecule has 0 fully saturated rings. The lowest BCUT2D eigenvalue weighted by Crippen LogP contribution is -2.00. The number of pyridine rings is 1. The molecule has 0 radical (unpaired) electrons. The van der Waals surface area contributed by atoms with Gasteiger partial charge in [0.2, 0.25) is 0 Å². The number of aromatic nitrogens is 1. The number of nitrogens with zero attached hydrogens (tertiary/aromatic N) is 1. The first kappa shape index (κ1) is 13.2. The highest BCUT2D eigenvalue weighted by atomic mass is 19.2. The number of fused-ring (bicyclic) bond motifs is 1. The molecule has 3 aromatic rings. The van der Waals surface area contributed by atoms with E-state index in [-0.39, 0.29) is 5.69 Å². The maximum atomic E-state index is 13.6. The van der Waals surface area contributed by atoms with Crippen LogP contribution in [0, 0.1) is 17.5 Å². The van der Waals surface area contributed by atoms with Crippen molar-refractivity contribution >= 4 is 27.8 Å². The van der Waals surface area contributed by atoms with E-state index in [1.165, 1.54) is 0 Å². The predicted molar refractivity (Wildman–Crippen MR) is 75.8 cm³/mol. The Balaban J connectivity index is 2.06. The Morgan fingerprint density at radius 3 is 2.48 bits per heavy atom. The van der Waals surface area contributed by atoms with Crippen molar-refractivity contribution in [2.75, 3.05) is 11.1 Å². The van der Waals surface area contributed by atoms with Gasteiger partial charge in [0.1, 0.15) is 5.82 Å². The maximum absolute atomic E-state index is 13.6. The second-order valence-electron chi connectivity index (χ2n) is 4.49. The summed E-state index contributed by atoms with van der Waals surface area (Å²) in [5, 5.41) is 4.23. The quantitative estimate of drug-likeness (QED) is 0.554. The molecule has 0 spiro atoms. The van der Waals surface area contributed by atoms with Gasteiger partial charge in [0.25, 0.3) is 0 Å². The third-order valence-corrected chi connectivity index (χ3v) is 3.14. The summed E-state index contributed by atoms with van der Waals surface area (Å²) in [5.41, 5.74) is 6.59. The molecule has 0 saturated heterocycles. The minimum Gasteiger partial charge on any atom is -0.397 e. The first-order valence-electron chi connectivity index (χ1n) is 6.10. The molecule has 1 heterocycles. The van der Waals surface area contributed by atoms with E-state index in [1.807, 2.05) is 0 Å². The zero-order valence-electron chi connectivity index (χ0n) is 10.7. The van der Waals surface area contributed by atoms with E-state index in [1.54, 1.807) is 30.6 Å². The molecule has 2 aromatic carbocycles. The van der Waals surface area contributed by atoms with E-state index in [4.69, 9.17) is 5.73 Å². The zero-order chi connectivity index (χ0) is 15.0. The van der Waals surface area contributed by atoms with Crippen LogP contribution >= 0.6 is 0 Å². The lowest BCUT2D eigenvalue weighted by atomic mass is 10.1. The average molecular weight is 289 g/mol. The van der Waals surface area contributed by atoms with Crippen LogP contribution in [0.3, 0.4) is 0 Å². The van der Waals surface area contributed by atoms with Gasteiger partial charge < -0.3 is 11.1 Å². The molecule has 3 nitrogen and oxygen atoms in total. The summed E-state index contributed by atoms with van der Waals surface area (Å²) in [6.45, 7) is 0. The number of halogens is 3. The monoisotopic (exact) mass is 289 g/mol. The van der Waals surface area contributed by atoms with Crippen molar-refractivity contribution in [1.82, 2.24) is 4.98 Å². The van der Waals surface area contributed by atoms with E-state index in [0.717, 1.165) is 16.8 Å². The molecule has 0 bridgehead atoms. The van der Waals surface area contributed by atoms with Crippen LogP contribution in [0.15, 0.2) is 42.7 Å². The molecule has 106 valence electrons. The van der Waals surface area contributed by atoms with E-state index >= 15 is 0 Å². The lowest BCUT2D eigenvalue weighted by Gasteiger charge is -2.12. The number of rotatable bonds is 2. The van der Waals surface area contributed by atoms with Crippen LogP contribution in [-0.4, -0.2) is 4.98 Å². The van der Waals surface area contributed by atoms with Gasteiger partial charge in [-0.2, -0.15) is 0 Å². The topological polar surface area (TPSA) is 50.9 Å². The van der Waals surface area contributed by atoms with Crippen LogP contribution in [-0.2, 0) is 0 Å². The smallest absolute Gasteiger partial charge is 0.161 e. The fourth-order valence-corrected chi connectivity index (χ4v) is 2.07. The Labute approximate surface area is 118 Å². The molecule has 0 aliphatic rings. The normalized spacial score (nSPS) is 10.8. The summed E-state index contributed by atoms with van der Waals surface area (Å²) < 4.78 is 39.7. The first-order valence-corrected chi connectivity index (χ1v) is 6.10. The van der Waals surface area contributed by atoms with E-state index < -0.39 is 17.5 Å². The summed E-state index contributed by atoms with van der Waals surface area (Å²) in [6.07, 6.45) is 3.23. The van der Waals surface area contributed by atoms with Gasteiger partial charge in [0.05, 0.1) is 17.1 Å². The standard InChI is InChI=1S/C15H10F3N3/c16-10-5-12(18)14(6-11(10)17)21-13-2-1-8-7-20-4-3-9(8)15(13)19/h1-7,21H,19H2. The molecule has 3 rings (SSSR count). The maximum Gasteiger partial charge on any atom is 0.161 e. The number of hydrogen-bond acceptors (Lipinski definition) is 3. The highest BCUT2D eigenvalue weighted by Crippen LogP contribution is 2.31. The summed E-state index contributed by atoms with van der Waals surface area (Å²) in [4.78, 5) is 3.98. The second-order valence-corrected chi connectivity index (χ2v) is 4.49. The molecular weight excluding hydrogens is 279 g/mol. The molecule has 0 saturated carbocycles. The Kier molecular flexibility index (Phi) is 3.13. The Morgan fingerprint density at radius 1 is 0.905 bits per heavy atom. The molecule has 0 amide bonds. The molecule has 3 N–H and O–H groups in total. The summed E-state index contributed by atoms with van der Waals surface area (Å²) >= 11 is 0. The van der Waals surface area contributed by atoms with E-state index in [0.29, 0.717) is 17.4 Å². The lowest BCUT2D eigenvalue weighted by molar-refractivity contribution is 0.496. The van der Waals surface area contributed by atoms with Crippen LogP contribution < -0.4 is 11.1 Å².